The number of nitrogens with zero attached hydrogens (tertiary/aromatic N) is 1. The average Bonchev–Trinajstić information content (AvgIpc) is 3.21. The number of fused-ring (bicyclic) bond motifs is 4. The molecule has 2 unspecified atom stereocenters. The van der Waals surface area contributed by atoms with Crippen molar-refractivity contribution in [1.82, 2.24) is 0 Å². The van der Waals surface area contributed by atoms with E-state index in [1.807, 2.05) is 45.0 Å². The summed E-state index contributed by atoms with van der Waals surface area (Å²) in [5.41, 5.74) is 6.88. The molecule has 0 bridgehead atoms. The zero-order valence-electron chi connectivity index (χ0n) is 24.7. The molecule has 4 heterocycles. The first kappa shape index (κ1) is 27.0. The van der Waals surface area contributed by atoms with Crippen molar-refractivity contribution in [2.75, 3.05) is 11.5 Å². The normalized spacial score (nSPS) is 23.3. The van der Waals surface area contributed by atoms with Crippen LogP contribution in [0.5, 0.6) is 5.95 Å². The molecule has 7 rings (SSSR count). The number of anilines is 1. The van der Waals surface area contributed by atoms with E-state index in [9.17, 15) is 9.59 Å². The van der Waals surface area contributed by atoms with E-state index in [0.29, 0.717) is 17.7 Å². The fourth-order valence-corrected chi connectivity index (χ4v) is 7.71. The van der Waals surface area contributed by atoms with E-state index >= 15 is 4.79 Å². The molecule has 0 radical (unpaired) electrons. The van der Waals surface area contributed by atoms with Crippen molar-refractivity contribution in [3.05, 3.63) is 116 Å². The Hall–Kier alpha value is -4.85. The summed E-state index contributed by atoms with van der Waals surface area (Å²) < 4.78 is 17.5. The lowest BCUT2D eigenvalue weighted by Gasteiger charge is -2.50. The van der Waals surface area contributed by atoms with Crippen molar-refractivity contribution >= 4 is 28.5 Å². The minimum atomic E-state index is -1.95. The Morgan fingerprint density at radius 3 is 2.40 bits per heavy atom. The van der Waals surface area contributed by atoms with Crippen molar-refractivity contribution in [1.29, 1.82) is 0 Å². The van der Waals surface area contributed by atoms with Crippen LogP contribution >= 0.6 is 0 Å². The highest BCUT2D eigenvalue weighted by molar-refractivity contribution is 6.20. The van der Waals surface area contributed by atoms with Crippen molar-refractivity contribution in [3.63, 3.8) is 0 Å². The van der Waals surface area contributed by atoms with Gasteiger partial charge in [-0.15, -0.1) is 0 Å². The van der Waals surface area contributed by atoms with Crippen molar-refractivity contribution in [3.8, 4) is 5.95 Å². The molecular weight excluding hydrogens is 544 g/mol. The summed E-state index contributed by atoms with van der Waals surface area (Å²) in [6.07, 6.45) is 0.589. The van der Waals surface area contributed by atoms with E-state index in [1.54, 1.807) is 36.1 Å². The molecular formula is C35H32N2O6. The number of rotatable bonds is 3. The molecule has 1 spiro atoms. The maximum atomic E-state index is 15.3. The number of carbonyl (C=O) groups is 2. The monoisotopic (exact) mass is 576 g/mol. The summed E-state index contributed by atoms with van der Waals surface area (Å²) in [4.78, 5) is 45.4. The van der Waals surface area contributed by atoms with Crippen LogP contribution in [0, 0.1) is 6.92 Å². The molecule has 2 atom stereocenters. The summed E-state index contributed by atoms with van der Waals surface area (Å²) in [6.45, 7) is 9.86. The minimum absolute atomic E-state index is 0.0340. The maximum absolute atomic E-state index is 15.3. The van der Waals surface area contributed by atoms with Gasteiger partial charge in [0.05, 0.1) is 17.7 Å². The molecule has 8 nitrogen and oxygen atoms in total. The van der Waals surface area contributed by atoms with E-state index in [0.717, 1.165) is 16.7 Å². The van der Waals surface area contributed by atoms with Crippen molar-refractivity contribution in [2.45, 2.75) is 57.4 Å². The fraction of sp³-hybridized carbons (Fsp3) is 0.286. The molecule has 0 fully saturated rings. The lowest BCUT2D eigenvalue weighted by molar-refractivity contribution is -0.141. The number of hydrogen-bond acceptors (Lipinski definition) is 7. The topological polar surface area (TPSA) is 112 Å². The predicted octanol–water partition coefficient (Wildman–Crippen LogP) is 5.35. The Bertz CT molecular complexity index is 1970. The zero-order chi connectivity index (χ0) is 30.5. The van der Waals surface area contributed by atoms with Crippen LogP contribution in [-0.2, 0) is 25.2 Å². The molecule has 3 aliphatic heterocycles. The molecule has 43 heavy (non-hydrogen) atoms. The molecule has 218 valence electrons. The lowest BCUT2D eigenvalue weighted by Crippen LogP contribution is -2.58. The Labute approximate surface area is 248 Å². The molecule has 2 N–H and O–H groups in total. The van der Waals surface area contributed by atoms with Crippen LogP contribution in [-0.4, -0.2) is 24.0 Å². The van der Waals surface area contributed by atoms with Crippen molar-refractivity contribution in [2.24, 2.45) is 5.73 Å². The van der Waals surface area contributed by atoms with Crippen molar-refractivity contribution < 1.29 is 23.5 Å². The number of nitrogens with two attached hydrogens (primary N) is 1. The van der Waals surface area contributed by atoms with Gasteiger partial charge in [-0.1, -0.05) is 67.1 Å². The number of amides is 1. The third-order valence-corrected chi connectivity index (χ3v) is 9.25. The summed E-state index contributed by atoms with van der Waals surface area (Å²) >= 11 is 0. The molecule has 1 aromatic heterocycles. The second-order valence-corrected chi connectivity index (χ2v) is 12.4. The first-order valence-electron chi connectivity index (χ1n) is 14.4. The standard InChI is InChI=1S/C35H32N2O6/c1-6-41-30(39)26-29(36)43-31-25(28(38)21-14-10-11-15-24(21)42-31)35(26)23-17-19(2)16-22-27(23)37(32(35)40)33(3,4)18-34(22,5)20-12-8-7-9-13-20/h7-17H,6,18,36H2,1-5H3. The van der Waals surface area contributed by atoms with Crippen LogP contribution < -0.4 is 20.8 Å². The zero-order valence-corrected chi connectivity index (χ0v) is 24.7. The quantitative estimate of drug-likeness (QED) is 0.327. The lowest BCUT2D eigenvalue weighted by atomic mass is 9.64. The number of carbonyl (C=O) groups excluding carboxylic acids is 2. The summed E-state index contributed by atoms with van der Waals surface area (Å²) in [5.74, 6) is -1.84. The highest BCUT2D eigenvalue weighted by atomic mass is 16.6. The second kappa shape index (κ2) is 8.83. The molecule has 4 aromatic rings. The number of benzene rings is 3. The van der Waals surface area contributed by atoms with Gasteiger partial charge >= 0.3 is 11.9 Å². The number of esters is 1. The summed E-state index contributed by atoms with van der Waals surface area (Å²) in [6, 6.07) is 20.9. The summed E-state index contributed by atoms with van der Waals surface area (Å²) in [5, 5.41) is 0.261. The first-order chi connectivity index (χ1) is 20.5. The molecule has 0 aliphatic carbocycles. The van der Waals surface area contributed by atoms with Crippen LogP contribution in [0.1, 0.15) is 61.9 Å². The van der Waals surface area contributed by atoms with E-state index in [2.05, 4.69) is 25.1 Å². The smallest absolute Gasteiger partial charge is 0.341 e. The Balaban J connectivity index is 1.68. The molecule has 0 saturated heterocycles. The second-order valence-electron chi connectivity index (χ2n) is 12.4. The van der Waals surface area contributed by atoms with Crippen LogP contribution in [0.2, 0.25) is 0 Å². The number of hydrogen-bond donors (Lipinski definition) is 1. The van der Waals surface area contributed by atoms with Gasteiger partial charge in [-0.05, 0) is 57.4 Å². The SMILES string of the molecule is CCOC(=O)C1=C(N)Oc2oc3ccccc3c(=O)c2C12C(=O)N1c3c(cc(C)cc32)C(C)(c2ccccc2)CC1(C)C. The van der Waals surface area contributed by atoms with Gasteiger partial charge in [0.1, 0.15) is 22.1 Å². The largest absolute Gasteiger partial charge is 0.462 e. The molecule has 8 heteroatoms. The minimum Gasteiger partial charge on any atom is -0.462 e. The molecule has 1 amide bonds. The van der Waals surface area contributed by atoms with E-state index in [-0.39, 0.29) is 40.5 Å². The van der Waals surface area contributed by atoms with Crippen LogP contribution in [0.4, 0.5) is 5.69 Å². The van der Waals surface area contributed by atoms with Crippen LogP contribution in [0.15, 0.2) is 87.4 Å². The van der Waals surface area contributed by atoms with E-state index < -0.39 is 33.7 Å². The van der Waals surface area contributed by atoms with Gasteiger partial charge in [0.25, 0.3) is 0 Å². The van der Waals surface area contributed by atoms with Crippen LogP contribution in [0.3, 0.4) is 0 Å². The maximum Gasteiger partial charge on any atom is 0.341 e. The summed E-state index contributed by atoms with van der Waals surface area (Å²) in [7, 11) is 0. The third kappa shape index (κ3) is 3.34. The highest BCUT2D eigenvalue weighted by Gasteiger charge is 2.67. The average molecular weight is 577 g/mol. The van der Waals surface area contributed by atoms with Gasteiger partial charge in [0.15, 0.2) is 0 Å². The Kier molecular flexibility index (Phi) is 5.55. The third-order valence-electron chi connectivity index (χ3n) is 9.25. The number of para-hydroxylation sites is 1. The Morgan fingerprint density at radius 1 is 1.00 bits per heavy atom. The molecule has 3 aromatic carbocycles. The van der Waals surface area contributed by atoms with Gasteiger partial charge in [-0.2, -0.15) is 0 Å². The van der Waals surface area contributed by atoms with Crippen LogP contribution in [0.25, 0.3) is 11.0 Å². The van der Waals surface area contributed by atoms with E-state index in [4.69, 9.17) is 19.6 Å². The van der Waals surface area contributed by atoms with Gasteiger partial charge in [0.2, 0.25) is 17.2 Å². The fourth-order valence-electron chi connectivity index (χ4n) is 7.71. The highest BCUT2D eigenvalue weighted by Crippen LogP contribution is 2.62. The van der Waals surface area contributed by atoms with Gasteiger partial charge in [-0.3, -0.25) is 9.59 Å². The van der Waals surface area contributed by atoms with Gasteiger partial charge < -0.3 is 24.5 Å². The number of ether oxygens (including phenoxy) is 2. The molecule has 3 aliphatic rings. The first-order valence-corrected chi connectivity index (χ1v) is 14.4. The predicted molar refractivity (Wildman–Crippen MR) is 162 cm³/mol. The van der Waals surface area contributed by atoms with Gasteiger partial charge in [-0.25, -0.2) is 4.79 Å². The molecule has 0 saturated carbocycles. The van der Waals surface area contributed by atoms with Gasteiger partial charge in [0, 0.05) is 16.5 Å². The Morgan fingerprint density at radius 2 is 1.67 bits per heavy atom. The van der Waals surface area contributed by atoms with E-state index in [1.165, 1.54) is 0 Å². The number of aryl methyl sites for hydroxylation is 1.